The summed E-state index contributed by atoms with van der Waals surface area (Å²) in [4.78, 5) is 26.2. The van der Waals surface area contributed by atoms with Crippen LogP contribution in [-0.2, 0) is 6.54 Å². The highest BCUT2D eigenvalue weighted by atomic mass is 79.9. The Kier molecular flexibility index (Phi) is 3.71. The van der Waals surface area contributed by atoms with Crippen molar-refractivity contribution in [3.8, 4) is 17.0 Å². The Morgan fingerprint density at radius 3 is 2.52 bits per heavy atom. The predicted octanol–water partition coefficient (Wildman–Crippen LogP) is 2.47. The summed E-state index contributed by atoms with van der Waals surface area (Å²) >= 11 is 3.33. The van der Waals surface area contributed by atoms with Crippen molar-refractivity contribution in [2.24, 2.45) is 5.92 Å². The summed E-state index contributed by atoms with van der Waals surface area (Å²) in [6.45, 7) is 0.426. The number of hydrogen-bond acceptors (Lipinski definition) is 3. The number of H-pyrrole nitrogens is 1. The van der Waals surface area contributed by atoms with E-state index in [1.807, 2.05) is 0 Å². The van der Waals surface area contributed by atoms with Crippen molar-refractivity contribution >= 4 is 15.9 Å². The third kappa shape index (κ3) is 2.95. The van der Waals surface area contributed by atoms with Gasteiger partial charge in [-0.1, -0.05) is 40.9 Å². The second-order valence-corrected chi connectivity index (χ2v) is 6.26. The van der Waals surface area contributed by atoms with Crippen LogP contribution in [0.2, 0.25) is 0 Å². The number of rotatable bonds is 4. The van der Waals surface area contributed by atoms with Crippen LogP contribution in [-0.4, -0.2) is 14.7 Å². The molecule has 1 heterocycles. The van der Waals surface area contributed by atoms with Crippen LogP contribution in [0.25, 0.3) is 11.1 Å². The van der Waals surface area contributed by atoms with E-state index < -0.39 is 11.2 Å². The van der Waals surface area contributed by atoms with E-state index in [0.29, 0.717) is 18.0 Å². The van der Waals surface area contributed by atoms with Gasteiger partial charge < -0.3 is 5.11 Å². The highest BCUT2D eigenvalue weighted by Gasteiger charge is 2.22. The molecule has 1 aromatic heterocycles. The van der Waals surface area contributed by atoms with Crippen LogP contribution in [0.15, 0.2) is 38.3 Å². The highest BCUT2D eigenvalue weighted by Crippen LogP contribution is 2.33. The maximum absolute atomic E-state index is 12.0. The van der Waals surface area contributed by atoms with Crippen LogP contribution in [0.3, 0.4) is 0 Å². The summed E-state index contributed by atoms with van der Waals surface area (Å²) in [5.74, 6) is 0.381. The smallest absolute Gasteiger partial charge is 0.331 e. The Morgan fingerprint density at radius 1 is 1.24 bits per heavy atom. The molecule has 0 amide bonds. The molecule has 110 valence electrons. The van der Waals surface area contributed by atoms with Crippen LogP contribution in [0.4, 0.5) is 0 Å². The van der Waals surface area contributed by atoms with Gasteiger partial charge in [-0.05, 0) is 30.0 Å². The Hall–Kier alpha value is -1.82. The molecule has 0 unspecified atom stereocenters. The van der Waals surface area contributed by atoms with Crippen LogP contribution >= 0.6 is 15.9 Å². The first-order valence-corrected chi connectivity index (χ1v) is 7.67. The molecule has 21 heavy (non-hydrogen) atoms. The molecule has 0 aliphatic heterocycles. The average molecular weight is 351 g/mol. The molecule has 0 saturated heterocycles. The first-order chi connectivity index (χ1) is 10.1. The van der Waals surface area contributed by atoms with Gasteiger partial charge >= 0.3 is 5.69 Å². The molecule has 1 aromatic carbocycles. The predicted molar refractivity (Wildman–Crippen MR) is 83.5 cm³/mol. The number of aromatic amines is 1. The summed E-state index contributed by atoms with van der Waals surface area (Å²) in [7, 11) is 0. The lowest BCUT2D eigenvalue weighted by atomic mass is 10.1. The summed E-state index contributed by atoms with van der Waals surface area (Å²) in [5.41, 5.74) is -0.406. The topological polar surface area (TPSA) is 75.1 Å². The quantitative estimate of drug-likeness (QED) is 0.889. The van der Waals surface area contributed by atoms with E-state index >= 15 is 0 Å². The number of aromatic hydroxyl groups is 1. The van der Waals surface area contributed by atoms with Gasteiger partial charge in [-0.15, -0.1) is 0 Å². The van der Waals surface area contributed by atoms with Gasteiger partial charge in [0.2, 0.25) is 5.88 Å². The lowest BCUT2D eigenvalue weighted by Crippen LogP contribution is -2.31. The molecule has 0 bridgehead atoms. The Balaban J connectivity index is 2.06. The summed E-state index contributed by atoms with van der Waals surface area (Å²) in [6.07, 6.45) is 3.20. The molecule has 1 aliphatic carbocycles. The molecular formula is C15H15BrN2O3. The molecule has 2 N–H and O–H groups in total. The van der Waals surface area contributed by atoms with Crippen molar-refractivity contribution in [2.45, 2.75) is 25.8 Å². The largest absolute Gasteiger partial charge is 0.494 e. The molecular weight excluding hydrogens is 336 g/mol. The van der Waals surface area contributed by atoms with Crippen molar-refractivity contribution < 1.29 is 5.11 Å². The minimum Gasteiger partial charge on any atom is -0.494 e. The lowest BCUT2D eigenvalue weighted by molar-refractivity contribution is 0.395. The van der Waals surface area contributed by atoms with Crippen LogP contribution in [0, 0.1) is 5.92 Å². The highest BCUT2D eigenvalue weighted by molar-refractivity contribution is 9.10. The Labute approximate surface area is 129 Å². The normalized spacial score (nSPS) is 14.3. The molecule has 3 rings (SSSR count). The fourth-order valence-electron chi connectivity index (χ4n) is 2.36. The third-order valence-electron chi connectivity index (χ3n) is 3.76. The van der Waals surface area contributed by atoms with Crippen molar-refractivity contribution in [2.75, 3.05) is 0 Å². The van der Waals surface area contributed by atoms with Gasteiger partial charge in [0.1, 0.15) is 5.56 Å². The van der Waals surface area contributed by atoms with Crippen molar-refractivity contribution in [1.29, 1.82) is 0 Å². The van der Waals surface area contributed by atoms with E-state index in [4.69, 9.17) is 0 Å². The van der Waals surface area contributed by atoms with Crippen LogP contribution in [0.1, 0.15) is 19.3 Å². The summed E-state index contributed by atoms with van der Waals surface area (Å²) in [5, 5.41) is 10.3. The van der Waals surface area contributed by atoms with E-state index in [2.05, 4.69) is 20.9 Å². The lowest BCUT2D eigenvalue weighted by Gasteiger charge is -2.11. The standard InChI is InChI=1S/C15H15BrN2O3/c16-11-5-3-10(4-6-11)12-13(19)17-15(21)18(14(12)20)8-7-9-1-2-9/h3-6,9,20H,1-2,7-8H2,(H,17,19,21). The van der Waals surface area contributed by atoms with E-state index in [-0.39, 0.29) is 11.4 Å². The number of halogens is 1. The second kappa shape index (κ2) is 5.52. The molecule has 6 heteroatoms. The average Bonchev–Trinajstić information content (AvgIpc) is 3.24. The number of nitrogens with one attached hydrogen (secondary N) is 1. The fraction of sp³-hybridized carbons (Fsp3) is 0.333. The second-order valence-electron chi connectivity index (χ2n) is 5.35. The zero-order valence-electron chi connectivity index (χ0n) is 11.3. The van der Waals surface area contributed by atoms with E-state index in [9.17, 15) is 14.7 Å². The van der Waals surface area contributed by atoms with Gasteiger partial charge in [-0.3, -0.25) is 14.3 Å². The van der Waals surface area contributed by atoms with E-state index in [1.165, 1.54) is 17.4 Å². The minimum atomic E-state index is -0.567. The molecule has 1 fully saturated rings. The Morgan fingerprint density at radius 2 is 1.90 bits per heavy atom. The van der Waals surface area contributed by atoms with Gasteiger partial charge in [0.05, 0.1) is 0 Å². The van der Waals surface area contributed by atoms with Crippen LogP contribution < -0.4 is 11.2 Å². The Bertz CT molecular complexity index is 773. The van der Waals surface area contributed by atoms with Crippen molar-refractivity contribution in [3.05, 3.63) is 49.6 Å². The van der Waals surface area contributed by atoms with E-state index in [0.717, 1.165) is 10.9 Å². The van der Waals surface area contributed by atoms with Crippen LogP contribution in [0.5, 0.6) is 5.88 Å². The van der Waals surface area contributed by atoms with E-state index in [1.54, 1.807) is 24.3 Å². The van der Waals surface area contributed by atoms with Crippen molar-refractivity contribution in [1.82, 2.24) is 9.55 Å². The van der Waals surface area contributed by atoms with Gasteiger partial charge in [0.25, 0.3) is 5.56 Å². The molecule has 0 radical (unpaired) electrons. The SMILES string of the molecule is O=c1[nH]c(=O)n(CCC2CC2)c(O)c1-c1ccc(Br)cc1. The maximum atomic E-state index is 12.0. The molecule has 1 aliphatic rings. The molecule has 5 nitrogen and oxygen atoms in total. The molecule has 2 aromatic rings. The first-order valence-electron chi connectivity index (χ1n) is 6.88. The van der Waals surface area contributed by atoms with Gasteiger partial charge in [0.15, 0.2) is 0 Å². The zero-order valence-corrected chi connectivity index (χ0v) is 12.9. The number of hydrogen-bond donors (Lipinski definition) is 2. The molecule has 0 spiro atoms. The first kappa shape index (κ1) is 14.1. The number of nitrogens with zero attached hydrogens (tertiary/aromatic N) is 1. The maximum Gasteiger partial charge on any atom is 0.331 e. The molecule has 0 atom stereocenters. The summed E-state index contributed by atoms with van der Waals surface area (Å²) < 4.78 is 2.13. The minimum absolute atomic E-state index is 0.137. The number of benzene rings is 1. The van der Waals surface area contributed by atoms with Gasteiger partial charge in [-0.2, -0.15) is 0 Å². The fourth-order valence-corrected chi connectivity index (χ4v) is 2.63. The van der Waals surface area contributed by atoms with Gasteiger partial charge in [0, 0.05) is 11.0 Å². The van der Waals surface area contributed by atoms with Gasteiger partial charge in [-0.25, -0.2) is 4.79 Å². The summed E-state index contributed by atoms with van der Waals surface area (Å²) in [6, 6.07) is 7.02. The zero-order chi connectivity index (χ0) is 15.0. The monoisotopic (exact) mass is 350 g/mol. The number of aromatic nitrogens is 2. The molecule has 1 saturated carbocycles. The third-order valence-corrected chi connectivity index (χ3v) is 4.29. The van der Waals surface area contributed by atoms with Crippen molar-refractivity contribution in [3.63, 3.8) is 0 Å².